The van der Waals surface area contributed by atoms with Crippen molar-refractivity contribution in [2.45, 2.75) is 84.5 Å². The minimum absolute atomic E-state index is 0.0265. The van der Waals surface area contributed by atoms with Gasteiger partial charge in [0.25, 0.3) is 0 Å². The highest BCUT2D eigenvalue weighted by molar-refractivity contribution is 5.95. The Kier molecular flexibility index (Phi) is 10.5. The van der Waals surface area contributed by atoms with Gasteiger partial charge >= 0.3 is 0 Å². The van der Waals surface area contributed by atoms with E-state index in [0.717, 1.165) is 19.5 Å². The summed E-state index contributed by atoms with van der Waals surface area (Å²) in [6.45, 7) is 16.3. The van der Waals surface area contributed by atoms with Crippen molar-refractivity contribution in [2.75, 3.05) is 18.0 Å². The number of quaternary nitrogens is 1. The number of allylic oxidation sites excluding steroid dienone is 8. The summed E-state index contributed by atoms with van der Waals surface area (Å²) in [4.78, 5) is 2.56. The van der Waals surface area contributed by atoms with E-state index in [2.05, 4.69) is 167 Å². The third-order valence-corrected chi connectivity index (χ3v) is 9.51. The quantitative estimate of drug-likeness (QED) is 0.0923. The monoisotopic (exact) mass is 597 g/mol. The number of rotatable bonds is 13. The smallest absolute Gasteiger partial charge is 0.133 e. The Morgan fingerprint density at radius 1 is 0.733 bits per heavy atom. The fraction of sp³-hybridized carbons (Fsp3) is 0.349. The summed E-state index contributed by atoms with van der Waals surface area (Å²) in [7, 11) is 0. The van der Waals surface area contributed by atoms with Crippen molar-refractivity contribution < 1.29 is 5.32 Å². The van der Waals surface area contributed by atoms with E-state index in [1.54, 1.807) is 0 Å². The van der Waals surface area contributed by atoms with Crippen LogP contribution < -0.4 is 10.2 Å². The molecule has 0 amide bonds. The number of fused-ring (bicyclic) bond motifs is 4. The van der Waals surface area contributed by atoms with Crippen LogP contribution in [-0.4, -0.2) is 13.1 Å². The van der Waals surface area contributed by atoms with Gasteiger partial charge < -0.3 is 10.2 Å². The molecule has 4 aromatic rings. The van der Waals surface area contributed by atoms with E-state index >= 15 is 0 Å². The molecular formula is C43H53N2+. The molecule has 0 aliphatic carbocycles. The summed E-state index contributed by atoms with van der Waals surface area (Å²) in [5.74, 6) is 0. The van der Waals surface area contributed by atoms with Crippen LogP contribution in [0.4, 0.5) is 11.4 Å². The van der Waals surface area contributed by atoms with Crippen molar-refractivity contribution >= 4 is 32.9 Å². The molecular weight excluding hydrogens is 544 g/mol. The molecule has 5 rings (SSSR count). The number of benzene rings is 4. The molecule has 0 unspecified atom stereocenters. The van der Waals surface area contributed by atoms with Crippen LogP contribution in [0.2, 0.25) is 0 Å². The second-order valence-electron chi connectivity index (χ2n) is 13.7. The van der Waals surface area contributed by atoms with Gasteiger partial charge in [0.2, 0.25) is 0 Å². The molecule has 0 atom stereocenters. The summed E-state index contributed by atoms with van der Waals surface area (Å²) in [6.07, 6.45) is 21.4. The molecule has 45 heavy (non-hydrogen) atoms. The van der Waals surface area contributed by atoms with Crippen LogP contribution in [0.5, 0.6) is 0 Å². The summed E-state index contributed by atoms with van der Waals surface area (Å²) < 4.78 is 0. The zero-order valence-electron chi connectivity index (χ0n) is 28.4. The molecule has 1 aliphatic rings. The molecule has 4 aromatic carbocycles. The van der Waals surface area contributed by atoms with Gasteiger partial charge in [0.1, 0.15) is 5.69 Å². The molecule has 1 aliphatic heterocycles. The van der Waals surface area contributed by atoms with Gasteiger partial charge in [0.15, 0.2) is 0 Å². The summed E-state index contributed by atoms with van der Waals surface area (Å²) in [5, 5.41) is 7.85. The first-order chi connectivity index (χ1) is 21.8. The van der Waals surface area contributed by atoms with Crippen LogP contribution in [0.25, 0.3) is 21.5 Å². The van der Waals surface area contributed by atoms with Crippen LogP contribution in [0, 0.1) is 0 Å². The Bertz CT molecular complexity index is 1730. The summed E-state index contributed by atoms with van der Waals surface area (Å²) in [6, 6.07) is 26.9. The van der Waals surface area contributed by atoms with Crippen molar-refractivity contribution in [3.8, 4) is 0 Å². The van der Waals surface area contributed by atoms with Gasteiger partial charge in [0.05, 0.1) is 6.54 Å². The summed E-state index contributed by atoms with van der Waals surface area (Å²) in [5.41, 5.74) is 7.03. The summed E-state index contributed by atoms with van der Waals surface area (Å²) >= 11 is 0. The maximum Gasteiger partial charge on any atom is 0.133 e. The Labute approximate surface area is 272 Å². The molecule has 0 bridgehead atoms. The van der Waals surface area contributed by atoms with Crippen molar-refractivity contribution in [1.82, 2.24) is 0 Å². The van der Waals surface area contributed by atoms with Crippen LogP contribution in [0.15, 0.2) is 121 Å². The van der Waals surface area contributed by atoms with Crippen molar-refractivity contribution in [3.63, 3.8) is 0 Å². The molecule has 0 fully saturated rings. The third kappa shape index (κ3) is 7.02. The Hall–Kier alpha value is -3.88. The lowest BCUT2D eigenvalue weighted by molar-refractivity contribution is -0.572. The fourth-order valence-corrected chi connectivity index (χ4v) is 7.15. The first-order valence-corrected chi connectivity index (χ1v) is 17.2. The molecule has 0 saturated carbocycles. The lowest BCUT2D eigenvalue weighted by atomic mass is 9.78. The molecule has 2 nitrogen and oxygen atoms in total. The van der Waals surface area contributed by atoms with Gasteiger partial charge in [0, 0.05) is 28.9 Å². The van der Waals surface area contributed by atoms with Crippen LogP contribution in [0.1, 0.15) is 84.8 Å². The minimum Gasteiger partial charge on any atom is -0.344 e. The maximum atomic E-state index is 2.56. The molecule has 0 radical (unpaired) electrons. The number of nitrogens with two attached hydrogens (primary N) is 1. The normalized spacial score (nSPS) is 16.0. The van der Waals surface area contributed by atoms with Crippen molar-refractivity contribution in [2.24, 2.45) is 0 Å². The van der Waals surface area contributed by atoms with Crippen LogP contribution in [0.3, 0.4) is 0 Å². The van der Waals surface area contributed by atoms with E-state index in [1.165, 1.54) is 75.4 Å². The van der Waals surface area contributed by atoms with Gasteiger partial charge in [-0.3, -0.25) is 0 Å². The SMILES string of the molecule is CCCC[NH2+]c1ccc2ccccc2c1C(C)(C)C/C=C/C=C/C=C/C=C1/N(CCCC)c2ccc3ccccc3c2C1(C)C. The van der Waals surface area contributed by atoms with Gasteiger partial charge in [-0.25, -0.2) is 0 Å². The van der Waals surface area contributed by atoms with E-state index in [0.29, 0.717) is 0 Å². The number of unbranched alkanes of at least 4 members (excludes halogenated alkanes) is 2. The van der Waals surface area contributed by atoms with E-state index in [1.807, 2.05) is 0 Å². The maximum absolute atomic E-state index is 2.56. The lowest BCUT2D eigenvalue weighted by Crippen LogP contribution is -2.78. The predicted octanol–water partition coefficient (Wildman–Crippen LogP) is 10.8. The molecule has 0 aromatic heterocycles. The van der Waals surface area contributed by atoms with Crippen LogP contribution in [-0.2, 0) is 10.8 Å². The van der Waals surface area contributed by atoms with Crippen molar-refractivity contribution in [1.29, 1.82) is 0 Å². The molecule has 0 spiro atoms. The number of anilines is 1. The highest BCUT2D eigenvalue weighted by atomic mass is 15.2. The predicted molar refractivity (Wildman–Crippen MR) is 198 cm³/mol. The number of hydrogen-bond donors (Lipinski definition) is 1. The average molecular weight is 598 g/mol. The van der Waals surface area contributed by atoms with Gasteiger partial charge in [-0.1, -0.05) is 145 Å². The highest BCUT2D eigenvalue weighted by Crippen LogP contribution is 2.50. The Morgan fingerprint density at radius 3 is 2.13 bits per heavy atom. The standard InChI is InChI=1S/C43H52N2/c1-7-9-31-44-37-28-26-33-21-16-18-23-35(33)40(37)42(3,4)30-20-14-12-11-13-15-25-39-43(5,6)41-36-24-19-17-22-34(36)27-29-38(41)45(39)32-10-8-2/h11-29,44H,7-10,30-32H2,1-6H3/p+1/b12-11+,15-13+,20-14+,39-25+. The zero-order chi connectivity index (χ0) is 31.9. The van der Waals surface area contributed by atoms with E-state index in [-0.39, 0.29) is 10.8 Å². The first-order valence-electron chi connectivity index (χ1n) is 17.2. The van der Waals surface area contributed by atoms with Crippen molar-refractivity contribution in [3.05, 3.63) is 132 Å². The largest absolute Gasteiger partial charge is 0.344 e. The second kappa shape index (κ2) is 14.5. The van der Waals surface area contributed by atoms with E-state index in [4.69, 9.17) is 0 Å². The van der Waals surface area contributed by atoms with Gasteiger partial charge in [-0.15, -0.1) is 0 Å². The molecule has 2 N–H and O–H groups in total. The molecule has 1 heterocycles. The minimum atomic E-state index is -0.0576. The molecule has 0 saturated heterocycles. The third-order valence-electron chi connectivity index (χ3n) is 9.51. The van der Waals surface area contributed by atoms with Gasteiger partial charge in [-0.2, -0.15) is 0 Å². The Morgan fingerprint density at radius 2 is 1.38 bits per heavy atom. The zero-order valence-corrected chi connectivity index (χ0v) is 28.4. The Balaban J connectivity index is 1.31. The first kappa shape index (κ1) is 32.5. The fourth-order valence-electron chi connectivity index (χ4n) is 7.15. The average Bonchev–Trinajstić information content (AvgIpc) is 3.26. The number of hydrogen-bond acceptors (Lipinski definition) is 1. The molecule has 234 valence electrons. The topological polar surface area (TPSA) is 19.9 Å². The van der Waals surface area contributed by atoms with Gasteiger partial charge in [-0.05, 0) is 76.1 Å². The highest BCUT2D eigenvalue weighted by Gasteiger charge is 2.40. The van der Waals surface area contributed by atoms with Crippen LogP contribution >= 0.6 is 0 Å². The molecule has 2 heteroatoms. The van der Waals surface area contributed by atoms with E-state index < -0.39 is 0 Å². The lowest BCUT2D eigenvalue weighted by Gasteiger charge is -2.27. The van der Waals surface area contributed by atoms with E-state index in [9.17, 15) is 0 Å². The number of nitrogens with zero attached hydrogens (tertiary/aromatic N) is 1. The second-order valence-corrected chi connectivity index (χ2v) is 13.7.